The summed E-state index contributed by atoms with van der Waals surface area (Å²) in [7, 11) is 0. The van der Waals surface area contributed by atoms with Gasteiger partial charge >= 0.3 is 6.61 Å². The number of hydrogen-bond donors (Lipinski definition) is 1. The number of aryl methyl sites for hydroxylation is 1. The molecule has 1 N–H and O–H groups in total. The van der Waals surface area contributed by atoms with Crippen molar-refractivity contribution in [2.24, 2.45) is 0 Å². The predicted octanol–water partition coefficient (Wildman–Crippen LogP) is 4.92. The second-order valence-electron chi connectivity index (χ2n) is 7.07. The van der Waals surface area contributed by atoms with E-state index in [1.807, 2.05) is 13.0 Å². The molecule has 0 unspecified atom stereocenters. The second kappa shape index (κ2) is 9.59. The smallest absolute Gasteiger partial charge is 0.387 e. The Balaban J connectivity index is 1.68. The predicted molar refractivity (Wildman–Crippen MR) is 113 cm³/mol. The molecule has 1 atom stereocenters. The molecule has 1 aliphatic heterocycles. The van der Waals surface area contributed by atoms with Gasteiger partial charge in [0.2, 0.25) is 0 Å². The van der Waals surface area contributed by atoms with Gasteiger partial charge in [-0.3, -0.25) is 9.69 Å². The molecule has 1 fully saturated rings. The number of carbonyl (C=O) groups excluding carboxylic acids is 1. The van der Waals surface area contributed by atoms with Crippen LogP contribution >= 0.6 is 11.3 Å². The summed E-state index contributed by atoms with van der Waals surface area (Å²) < 4.78 is 40.3. The first kappa shape index (κ1) is 21.5. The Morgan fingerprint density at radius 3 is 2.58 bits per heavy atom. The molecule has 4 rings (SSSR count). The van der Waals surface area contributed by atoms with Crippen LogP contribution < -0.4 is 10.1 Å². The van der Waals surface area contributed by atoms with Crippen LogP contribution in [-0.4, -0.2) is 43.7 Å². The molecule has 31 heavy (non-hydrogen) atoms. The van der Waals surface area contributed by atoms with Gasteiger partial charge < -0.3 is 19.2 Å². The third-order valence-electron chi connectivity index (χ3n) is 4.98. The number of rotatable bonds is 7. The molecule has 0 aliphatic carbocycles. The number of alkyl halides is 2. The largest absolute Gasteiger partial charge is 0.459 e. The maximum absolute atomic E-state index is 12.6. The quantitative estimate of drug-likeness (QED) is 0.556. The summed E-state index contributed by atoms with van der Waals surface area (Å²) in [5, 5.41) is 3.69. The number of benzene rings is 1. The first-order chi connectivity index (χ1) is 15.0. The number of carbonyl (C=O) groups is 1. The van der Waals surface area contributed by atoms with Crippen LogP contribution in [0.15, 0.2) is 53.1 Å². The highest BCUT2D eigenvalue weighted by molar-refractivity contribution is 7.16. The lowest BCUT2D eigenvalue weighted by atomic mass is 9.97. The first-order valence-electron chi connectivity index (χ1n) is 9.83. The minimum atomic E-state index is -2.87. The molecule has 0 bridgehead atoms. The van der Waals surface area contributed by atoms with Gasteiger partial charge in [-0.25, -0.2) is 0 Å². The van der Waals surface area contributed by atoms with E-state index in [1.54, 1.807) is 24.3 Å². The number of amides is 1. The van der Waals surface area contributed by atoms with Crippen molar-refractivity contribution in [1.82, 2.24) is 4.90 Å². The Morgan fingerprint density at radius 2 is 1.94 bits per heavy atom. The molecule has 9 heteroatoms. The number of anilines is 1. The number of halogens is 2. The van der Waals surface area contributed by atoms with E-state index in [-0.39, 0.29) is 23.5 Å². The zero-order valence-corrected chi connectivity index (χ0v) is 17.7. The van der Waals surface area contributed by atoms with E-state index in [0.29, 0.717) is 26.3 Å². The second-order valence-corrected chi connectivity index (χ2v) is 8.33. The normalized spacial score (nSPS) is 15.7. The van der Waals surface area contributed by atoms with Gasteiger partial charge in [-0.1, -0.05) is 12.1 Å². The lowest BCUT2D eigenvalue weighted by Crippen LogP contribution is -2.39. The molecule has 1 saturated heterocycles. The fourth-order valence-electron chi connectivity index (χ4n) is 3.66. The zero-order valence-electron chi connectivity index (χ0n) is 16.8. The van der Waals surface area contributed by atoms with E-state index in [9.17, 15) is 13.6 Å². The third-order valence-corrected chi connectivity index (χ3v) is 5.96. The molecule has 3 heterocycles. The average Bonchev–Trinajstić information content (AvgIpc) is 3.40. The van der Waals surface area contributed by atoms with E-state index in [4.69, 9.17) is 9.15 Å². The van der Waals surface area contributed by atoms with Gasteiger partial charge in [0, 0.05) is 23.5 Å². The molecule has 2 aromatic heterocycles. The fourth-order valence-corrected chi connectivity index (χ4v) is 4.60. The van der Waals surface area contributed by atoms with Crippen LogP contribution in [0.3, 0.4) is 0 Å². The Hall–Kier alpha value is -2.75. The highest BCUT2D eigenvalue weighted by atomic mass is 32.1. The van der Waals surface area contributed by atoms with E-state index in [1.165, 1.54) is 29.7 Å². The third kappa shape index (κ3) is 5.12. The fraction of sp³-hybridized carbons (Fsp3) is 0.318. The minimum absolute atomic E-state index is 0.104. The number of ether oxygens (including phenoxy) is 2. The van der Waals surface area contributed by atoms with Crippen LogP contribution in [0.25, 0.3) is 0 Å². The minimum Gasteiger partial charge on any atom is -0.459 e. The van der Waals surface area contributed by atoms with Gasteiger partial charge in [0.15, 0.2) is 5.76 Å². The van der Waals surface area contributed by atoms with Gasteiger partial charge in [0.1, 0.15) is 10.8 Å². The molecule has 1 amide bonds. The van der Waals surface area contributed by atoms with Gasteiger partial charge in [-0.2, -0.15) is 8.78 Å². The lowest BCUT2D eigenvalue weighted by molar-refractivity contribution is -0.0498. The monoisotopic (exact) mass is 448 g/mol. The first-order valence-corrected chi connectivity index (χ1v) is 10.6. The molecule has 1 aliphatic rings. The van der Waals surface area contributed by atoms with E-state index < -0.39 is 6.61 Å². The summed E-state index contributed by atoms with van der Waals surface area (Å²) in [5.41, 5.74) is 1.85. The van der Waals surface area contributed by atoms with E-state index in [0.717, 1.165) is 21.0 Å². The van der Waals surface area contributed by atoms with Crippen molar-refractivity contribution in [3.05, 3.63) is 70.5 Å². The molecule has 6 nitrogen and oxygen atoms in total. The van der Waals surface area contributed by atoms with Crippen molar-refractivity contribution in [3.63, 3.8) is 0 Å². The van der Waals surface area contributed by atoms with Crippen molar-refractivity contribution in [3.8, 4) is 5.75 Å². The van der Waals surface area contributed by atoms with Crippen molar-refractivity contribution < 1.29 is 27.5 Å². The topological polar surface area (TPSA) is 63.9 Å². The van der Waals surface area contributed by atoms with Crippen LogP contribution in [0.4, 0.5) is 13.8 Å². The SMILES string of the molecule is Cc1cc([C@H](c2ccc(OC(F)F)cc2)N2CCOCC2)c(NC(=O)c2ccco2)s1. The summed E-state index contributed by atoms with van der Waals surface area (Å²) in [6, 6.07) is 11.8. The molecule has 1 aromatic carbocycles. The highest BCUT2D eigenvalue weighted by Gasteiger charge is 2.28. The van der Waals surface area contributed by atoms with Crippen LogP contribution in [0, 0.1) is 6.92 Å². The Labute approximate surface area is 182 Å². The number of hydrogen-bond acceptors (Lipinski definition) is 6. The van der Waals surface area contributed by atoms with Crippen molar-refractivity contribution in [2.75, 3.05) is 31.6 Å². The summed E-state index contributed by atoms with van der Waals surface area (Å²) in [6.45, 7) is 1.72. The van der Waals surface area contributed by atoms with Gasteiger partial charge in [-0.05, 0) is 42.8 Å². The van der Waals surface area contributed by atoms with Crippen LogP contribution in [-0.2, 0) is 4.74 Å². The number of furan rings is 1. The van der Waals surface area contributed by atoms with Gasteiger partial charge in [0.05, 0.1) is 25.5 Å². The van der Waals surface area contributed by atoms with E-state index in [2.05, 4.69) is 15.0 Å². The Kier molecular flexibility index (Phi) is 6.64. The maximum atomic E-state index is 12.6. The lowest BCUT2D eigenvalue weighted by Gasteiger charge is -2.35. The van der Waals surface area contributed by atoms with Crippen LogP contribution in [0.2, 0.25) is 0 Å². The molecule has 0 radical (unpaired) electrons. The van der Waals surface area contributed by atoms with Crippen LogP contribution in [0.1, 0.15) is 32.6 Å². The van der Waals surface area contributed by atoms with Crippen molar-refractivity contribution in [1.29, 1.82) is 0 Å². The summed E-state index contributed by atoms with van der Waals surface area (Å²) in [5.74, 6) is 0.00950. The summed E-state index contributed by atoms with van der Waals surface area (Å²) in [4.78, 5) is 15.9. The molecular formula is C22H22F2N2O4S. The van der Waals surface area contributed by atoms with E-state index >= 15 is 0 Å². The van der Waals surface area contributed by atoms with Crippen LogP contribution in [0.5, 0.6) is 5.75 Å². The summed E-state index contributed by atoms with van der Waals surface area (Å²) in [6.07, 6.45) is 1.45. The van der Waals surface area contributed by atoms with Crippen molar-refractivity contribution in [2.45, 2.75) is 19.6 Å². The Morgan fingerprint density at radius 1 is 1.19 bits per heavy atom. The number of nitrogens with zero attached hydrogens (tertiary/aromatic N) is 1. The Bertz CT molecular complexity index is 999. The van der Waals surface area contributed by atoms with Crippen molar-refractivity contribution >= 4 is 22.2 Å². The average molecular weight is 448 g/mol. The highest BCUT2D eigenvalue weighted by Crippen LogP contribution is 2.40. The number of morpholine rings is 1. The maximum Gasteiger partial charge on any atom is 0.387 e. The molecule has 0 saturated carbocycles. The van der Waals surface area contributed by atoms with Gasteiger partial charge in [-0.15, -0.1) is 11.3 Å². The van der Waals surface area contributed by atoms with Gasteiger partial charge in [0.25, 0.3) is 5.91 Å². The summed E-state index contributed by atoms with van der Waals surface area (Å²) >= 11 is 1.48. The number of nitrogens with one attached hydrogen (secondary N) is 1. The number of thiophene rings is 1. The zero-order chi connectivity index (χ0) is 21.8. The molecule has 0 spiro atoms. The molecule has 164 valence electrons. The standard InChI is InChI=1S/C22H22F2N2O4S/c1-14-13-17(21(31-14)25-20(27)18-3-2-10-29-18)19(26-8-11-28-12-9-26)15-4-6-16(7-5-15)30-22(23)24/h2-7,10,13,19,22H,8-9,11-12H2,1H3,(H,25,27)/t19-/m0/s1. The molecule has 3 aromatic rings. The molecular weight excluding hydrogens is 426 g/mol.